The van der Waals surface area contributed by atoms with Crippen LogP contribution < -0.4 is 26.8 Å². The first-order valence-corrected chi connectivity index (χ1v) is 7.59. The lowest BCUT2D eigenvalue weighted by molar-refractivity contribution is -0.243. The van der Waals surface area contributed by atoms with Crippen LogP contribution in [0.25, 0.3) is 5.70 Å². The van der Waals surface area contributed by atoms with E-state index < -0.39 is 0 Å². The number of quaternary nitrogens is 1. The Labute approximate surface area is 128 Å². The van der Waals surface area contributed by atoms with Crippen LogP contribution in [-0.2, 0) is 0 Å². The normalized spacial score (nSPS) is 18.0. The fourth-order valence-corrected chi connectivity index (χ4v) is 2.28. The van der Waals surface area contributed by atoms with Crippen molar-refractivity contribution in [3.63, 3.8) is 0 Å². The molecule has 0 aromatic heterocycles. The van der Waals surface area contributed by atoms with Gasteiger partial charge in [-0.15, -0.1) is 0 Å². The molecule has 0 aliphatic carbocycles. The second kappa shape index (κ2) is 7.72. The van der Waals surface area contributed by atoms with Crippen molar-refractivity contribution < 1.29 is 10.5 Å². The van der Waals surface area contributed by atoms with Crippen molar-refractivity contribution in [1.82, 2.24) is 10.6 Å². The number of urea groups is 1. The van der Waals surface area contributed by atoms with Gasteiger partial charge in [0.25, 0.3) is 0 Å². The smallest absolute Gasteiger partial charge is 0.319 e. The van der Waals surface area contributed by atoms with E-state index in [-0.39, 0.29) is 12.1 Å². The summed E-state index contributed by atoms with van der Waals surface area (Å²) in [5.41, 5.74) is 6.47. The quantitative estimate of drug-likeness (QED) is 0.531. The van der Waals surface area contributed by atoms with Crippen LogP contribution in [0.1, 0.15) is 12.0 Å². The van der Waals surface area contributed by atoms with Crippen LogP contribution in [0.2, 0.25) is 0 Å². The highest BCUT2D eigenvalue weighted by Crippen LogP contribution is 2.14. The van der Waals surface area contributed by atoms with Crippen molar-refractivity contribution >= 4 is 29.4 Å². The molecule has 1 aromatic carbocycles. The van der Waals surface area contributed by atoms with E-state index in [1.54, 1.807) is 5.41 Å². The molecular formula is C14H20N5OS+. The van der Waals surface area contributed by atoms with Gasteiger partial charge in [-0.2, -0.15) is 0 Å². The molecule has 1 aliphatic rings. The Bertz CT molecular complexity index is 541. The summed E-state index contributed by atoms with van der Waals surface area (Å²) in [6.07, 6.45) is 4.69. The molecule has 8 N–H and O–H groups in total. The molecule has 21 heavy (non-hydrogen) atoms. The van der Waals surface area contributed by atoms with Gasteiger partial charge in [-0.3, -0.25) is 5.14 Å². The fourth-order valence-electron chi connectivity index (χ4n) is 1.98. The van der Waals surface area contributed by atoms with Gasteiger partial charge in [0.05, 0.1) is 6.04 Å². The Balaban J connectivity index is 1.90. The minimum atomic E-state index is -0.206. The molecule has 6 nitrogen and oxygen atoms in total. The summed E-state index contributed by atoms with van der Waals surface area (Å²) in [4.78, 5) is 11.9. The van der Waals surface area contributed by atoms with Gasteiger partial charge < -0.3 is 21.7 Å². The van der Waals surface area contributed by atoms with E-state index in [9.17, 15) is 4.79 Å². The first kappa shape index (κ1) is 15.4. The number of amides is 2. The number of hydrogen-bond acceptors (Lipinski definition) is 4. The van der Waals surface area contributed by atoms with Gasteiger partial charge in [0.1, 0.15) is 5.70 Å². The third-order valence-electron chi connectivity index (χ3n) is 3.09. The van der Waals surface area contributed by atoms with E-state index in [4.69, 9.17) is 5.14 Å². The van der Waals surface area contributed by atoms with Crippen molar-refractivity contribution in [3.05, 3.63) is 47.5 Å². The van der Waals surface area contributed by atoms with E-state index in [1.807, 2.05) is 36.5 Å². The number of anilines is 1. The molecule has 2 rings (SSSR count). The third kappa shape index (κ3) is 4.82. The van der Waals surface area contributed by atoms with Gasteiger partial charge in [0, 0.05) is 23.2 Å². The molecule has 0 spiro atoms. The van der Waals surface area contributed by atoms with Gasteiger partial charge in [0.15, 0.2) is 0 Å². The highest BCUT2D eigenvalue weighted by Gasteiger charge is 2.11. The van der Waals surface area contributed by atoms with Crippen molar-refractivity contribution in [1.29, 1.82) is 0 Å². The molecule has 1 aromatic rings. The van der Waals surface area contributed by atoms with Crippen LogP contribution in [0.4, 0.5) is 10.5 Å². The topological polar surface area (TPSA) is 107 Å². The van der Waals surface area contributed by atoms with E-state index in [0.29, 0.717) is 0 Å². The summed E-state index contributed by atoms with van der Waals surface area (Å²) >= 11 is 1.12. The Morgan fingerprint density at radius 3 is 2.81 bits per heavy atom. The predicted octanol–water partition coefficient (Wildman–Crippen LogP) is 0.831. The molecule has 112 valence electrons. The van der Waals surface area contributed by atoms with Gasteiger partial charge in [-0.05, 0) is 54.9 Å². The molecule has 2 amide bonds. The Morgan fingerprint density at radius 1 is 1.43 bits per heavy atom. The number of carbonyl (C=O) groups is 1. The molecule has 1 heterocycles. The molecule has 0 saturated carbocycles. The second-order valence-corrected chi connectivity index (χ2v) is 5.17. The summed E-state index contributed by atoms with van der Waals surface area (Å²) in [5, 5.41) is 16.0. The van der Waals surface area contributed by atoms with Gasteiger partial charge in [-0.25, -0.2) is 4.79 Å². The number of benzene rings is 1. The maximum absolute atomic E-state index is 11.9. The lowest BCUT2D eigenvalue weighted by Gasteiger charge is -2.19. The molecule has 1 aliphatic heterocycles. The lowest BCUT2D eigenvalue weighted by Crippen LogP contribution is -2.45. The summed E-state index contributed by atoms with van der Waals surface area (Å²) in [5.74, 6) is 0. The number of hydrogen-bond donors (Lipinski definition) is 5. The first-order chi connectivity index (χ1) is 10.2. The molecule has 7 heteroatoms. The van der Waals surface area contributed by atoms with E-state index in [2.05, 4.69) is 21.7 Å². The summed E-state index contributed by atoms with van der Waals surface area (Å²) in [6.45, 7) is 0.869. The van der Waals surface area contributed by atoms with Crippen LogP contribution >= 0.6 is 11.9 Å². The van der Waals surface area contributed by atoms with Crippen LogP contribution in [0, 0.1) is 0 Å². The van der Waals surface area contributed by atoms with Crippen LogP contribution in [0.15, 0.2) is 41.9 Å². The molecule has 0 saturated heterocycles. The zero-order valence-corrected chi connectivity index (χ0v) is 12.5. The number of nitrogens with two attached hydrogens (primary N) is 1. The maximum Gasteiger partial charge on any atom is 0.319 e. The SMILES string of the molecule is NS/C=C(\[NH3+])c1ccc(NC(=O)NC2C=CNCC2)cc1. The van der Waals surface area contributed by atoms with Crippen molar-refractivity contribution in [3.8, 4) is 0 Å². The average molecular weight is 306 g/mol. The summed E-state index contributed by atoms with van der Waals surface area (Å²) in [7, 11) is 0. The highest BCUT2D eigenvalue weighted by atomic mass is 32.2. The van der Waals surface area contributed by atoms with Crippen LogP contribution in [-0.4, -0.2) is 18.6 Å². The zero-order chi connectivity index (χ0) is 15.1. The van der Waals surface area contributed by atoms with Gasteiger partial charge >= 0.3 is 6.03 Å². The average Bonchev–Trinajstić information content (AvgIpc) is 2.49. The van der Waals surface area contributed by atoms with Crippen molar-refractivity contribution in [2.45, 2.75) is 12.5 Å². The second-order valence-electron chi connectivity index (χ2n) is 4.66. The third-order valence-corrected chi connectivity index (χ3v) is 3.51. The number of nitrogens with one attached hydrogen (secondary N) is 3. The van der Waals surface area contributed by atoms with Crippen LogP contribution in [0.3, 0.4) is 0 Å². The zero-order valence-electron chi connectivity index (χ0n) is 11.6. The van der Waals surface area contributed by atoms with E-state index in [0.717, 1.165) is 41.9 Å². The largest absolute Gasteiger partial charge is 0.391 e. The van der Waals surface area contributed by atoms with Crippen LogP contribution in [0.5, 0.6) is 0 Å². The monoisotopic (exact) mass is 306 g/mol. The molecule has 1 atom stereocenters. The predicted molar refractivity (Wildman–Crippen MR) is 86.8 cm³/mol. The van der Waals surface area contributed by atoms with Gasteiger partial charge in [-0.1, -0.05) is 0 Å². The van der Waals surface area contributed by atoms with E-state index >= 15 is 0 Å². The maximum atomic E-state index is 11.9. The molecule has 0 fully saturated rings. The Morgan fingerprint density at radius 2 is 2.19 bits per heavy atom. The number of rotatable bonds is 4. The van der Waals surface area contributed by atoms with Crippen molar-refractivity contribution in [2.75, 3.05) is 11.9 Å². The minimum absolute atomic E-state index is 0.0708. The fraction of sp³-hybridized carbons (Fsp3) is 0.214. The standard InChI is InChI=1S/C14H19N5OS/c15-13(9-21-16)10-1-3-11(4-2-10)18-14(20)19-12-5-7-17-8-6-12/h1-5,7,9,12,17H,6,8,15-16H2,(H2,18,19,20)/p+1/b13-9-. The highest BCUT2D eigenvalue weighted by molar-refractivity contribution is 8.00. The Kier molecular flexibility index (Phi) is 5.68. The minimum Gasteiger partial charge on any atom is -0.391 e. The first-order valence-electron chi connectivity index (χ1n) is 6.64. The molecule has 0 radical (unpaired) electrons. The summed E-state index contributed by atoms with van der Waals surface area (Å²) in [6, 6.07) is 7.34. The summed E-state index contributed by atoms with van der Waals surface area (Å²) < 4.78 is 0. The Hall–Kier alpha value is -1.96. The lowest BCUT2D eigenvalue weighted by atomic mass is 10.1. The van der Waals surface area contributed by atoms with Gasteiger partial charge in [0.2, 0.25) is 0 Å². The molecular weight excluding hydrogens is 286 g/mol. The molecule has 1 unspecified atom stereocenters. The molecule has 0 bridgehead atoms. The van der Waals surface area contributed by atoms with E-state index in [1.165, 1.54) is 0 Å². The number of carbonyl (C=O) groups excluding carboxylic acids is 1. The van der Waals surface area contributed by atoms with Crippen molar-refractivity contribution in [2.24, 2.45) is 5.14 Å².